The summed E-state index contributed by atoms with van der Waals surface area (Å²) in [5, 5.41) is 14.4. The second-order valence-electron chi connectivity index (χ2n) is 4.94. The summed E-state index contributed by atoms with van der Waals surface area (Å²) in [6, 6.07) is 4.55. The van der Waals surface area contributed by atoms with Crippen LogP contribution in [0.3, 0.4) is 0 Å². The van der Waals surface area contributed by atoms with Crippen molar-refractivity contribution < 1.29 is 9.13 Å². The highest BCUT2D eigenvalue weighted by molar-refractivity contribution is 7.85. The van der Waals surface area contributed by atoms with Crippen LogP contribution in [0.15, 0.2) is 29.4 Å². The fourth-order valence-electron chi connectivity index (χ4n) is 2.37. The van der Waals surface area contributed by atoms with Crippen LogP contribution in [0.25, 0.3) is 11.0 Å². The summed E-state index contributed by atoms with van der Waals surface area (Å²) in [5.74, 6) is 0.521. The number of aromatic nitrogens is 2. The van der Waals surface area contributed by atoms with Crippen LogP contribution in [0.4, 0.5) is 5.69 Å². The molecule has 22 heavy (non-hydrogen) atoms. The molecular formula is C13H15ClN4O3S. The molecule has 0 spiro atoms. The van der Waals surface area contributed by atoms with Gasteiger partial charge in [-0.15, -0.1) is 12.4 Å². The normalized spacial score (nSPS) is 18.8. The number of halogens is 1. The van der Waals surface area contributed by atoms with Crippen LogP contribution in [0.2, 0.25) is 0 Å². The monoisotopic (exact) mass is 342 g/mol. The van der Waals surface area contributed by atoms with Crippen molar-refractivity contribution in [1.82, 2.24) is 15.3 Å². The van der Waals surface area contributed by atoms with Gasteiger partial charge in [-0.2, -0.15) is 0 Å². The Morgan fingerprint density at radius 2 is 2.23 bits per heavy atom. The summed E-state index contributed by atoms with van der Waals surface area (Å²) in [6.07, 6.45) is 3.57. The Bertz CT molecular complexity index is 721. The number of nitro groups is 1. The van der Waals surface area contributed by atoms with Gasteiger partial charge < -0.3 is 5.32 Å². The van der Waals surface area contributed by atoms with E-state index < -0.39 is 15.7 Å². The van der Waals surface area contributed by atoms with Crippen molar-refractivity contribution in [2.24, 2.45) is 0 Å². The first-order valence-electron chi connectivity index (χ1n) is 6.66. The fourth-order valence-corrected chi connectivity index (χ4v) is 3.56. The topological polar surface area (TPSA) is 98.0 Å². The highest BCUT2D eigenvalue weighted by Gasteiger charge is 2.19. The number of hydrogen-bond donors (Lipinski definition) is 1. The van der Waals surface area contributed by atoms with Gasteiger partial charge in [0.15, 0.2) is 0 Å². The molecule has 1 aromatic heterocycles. The lowest BCUT2D eigenvalue weighted by atomic mass is 10.2. The number of benzene rings is 1. The third-order valence-electron chi connectivity index (χ3n) is 3.46. The zero-order valence-corrected chi connectivity index (χ0v) is 13.2. The number of nitro benzene ring substituents is 1. The SMILES string of the molecule is Cl.O=[N+]([O-])c1ccc2nc(S(=O)CC3CCCN3)cnc2c1. The van der Waals surface area contributed by atoms with Crippen LogP contribution in [0, 0.1) is 10.1 Å². The molecule has 1 saturated heterocycles. The fraction of sp³-hybridized carbons (Fsp3) is 0.385. The molecule has 2 aromatic rings. The van der Waals surface area contributed by atoms with Crippen LogP contribution in [-0.4, -0.2) is 37.4 Å². The molecule has 118 valence electrons. The first-order valence-corrected chi connectivity index (χ1v) is 7.98. The Kier molecular flexibility index (Phi) is 5.38. The minimum atomic E-state index is -1.21. The molecule has 2 unspecified atom stereocenters. The van der Waals surface area contributed by atoms with E-state index in [2.05, 4.69) is 15.3 Å². The molecule has 0 saturated carbocycles. The van der Waals surface area contributed by atoms with E-state index in [0.717, 1.165) is 19.4 Å². The van der Waals surface area contributed by atoms with E-state index in [9.17, 15) is 14.3 Å². The number of nitrogens with zero attached hydrogens (tertiary/aromatic N) is 3. The van der Waals surface area contributed by atoms with E-state index in [4.69, 9.17) is 0 Å². The van der Waals surface area contributed by atoms with Crippen molar-refractivity contribution in [3.05, 3.63) is 34.5 Å². The van der Waals surface area contributed by atoms with Crippen LogP contribution < -0.4 is 5.32 Å². The van der Waals surface area contributed by atoms with Crippen molar-refractivity contribution in [2.75, 3.05) is 12.3 Å². The summed E-state index contributed by atoms with van der Waals surface area (Å²) >= 11 is 0. The molecule has 0 amide bonds. The third-order valence-corrected chi connectivity index (χ3v) is 4.83. The Balaban J connectivity index is 0.00000176. The molecule has 1 N–H and O–H groups in total. The van der Waals surface area contributed by atoms with E-state index in [0.29, 0.717) is 21.8 Å². The summed E-state index contributed by atoms with van der Waals surface area (Å²) in [5.41, 5.74) is 0.926. The highest BCUT2D eigenvalue weighted by atomic mass is 35.5. The maximum Gasteiger partial charge on any atom is 0.271 e. The standard InChI is InChI=1S/C13H14N4O3S.ClH/c18-17(19)10-3-4-11-12(6-10)15-7-13(16-11)21(20)8-9-2-1-5-14-9;/h3-4,6-7,9,14H,1-2,5,8H2;1H. The van der Waals surface area contributed by atoms with Crippen LogP contribution in [0.5, 0.6) is 0 Å². The smallest absolute Gasteiger partial charge is 0.271 e. The molecule has 1 aliphatic heterocycles. The van der Waals surface area contributed by atoms with E-state index in [1.165, 1.54) is 24.4 Å². The molecule has 1 aromatic carbocycles. The molecule has 2 heterocycles. The van der Waals surface area contributed by atoms with Gasteiger partial charge in [-0.1, -0.05) is 0 Å². The van der Waals surface area contributed by atoms with Crippen LogP contribution in [-0.2, 0) is 10.8 Å². The van der Waals surface area contributed by atoms with Gasteiger partial charge in [0, 0.05) is 23.9 Å². The second kappa shape index (κ2) is 7.08. The van der Waals surface area contributed by atoms with Crippen molar-refractivity contribution in [3.8, 4) is 0 Å². The molecule has 0 bridgehead atoms. The first kappa shape index (κ1) is 16.7. The van der Waals surface area contributed by atoms with Gasteiger partial charge in [-0.05, 0) is 25.5 Å². The van der Waals surface area contributed by atoms with Gasteiger partial charge >= 0.3 is 0 Å². The summed E-state index contributed by atoms with van der Waals surface area (Å²) in [4.78, 5) is 18.7. The van der Waals surface area contributed by atoms with Gasteiger partial charge in [0.25, 0.3) is 5.69 Å². The Labute approximate surface area is 135 Å². The minimum absolute atomic E-state index is 0. The Hall–Kier alpha value is -1.64. The molecule has 0 radical (unpaired) electrons. The van der Waals surface area contributed by atoms with Gasteiger partial charge in [-0.3, -0.25) is 19.3 Å². The molecule has 1 fully saturated rings. The summed E-state index contributed by atoms with van der Waals surface area (Å²) in [6.45, 7) is 0.967. The quantitative estimate of drug-likeness (QED) is 0.672. The molecule has 2 atom stereocenters. The van der Waals surface area contributed by atoms with E-state index in [1.54, 1.807) is 0 Å². The number of hydrogen-bond acceptors (Lipinski definition) is 6. The van der Waals surface area contributed by atoms with Crippen molar-refractivity contribution in [3.63, 3.8) is 0 Å². The first-order chi connectivity index (χ1) is 10.1. The average Bonchev–Trinajstić information content (AvgIpc) is 2.99. The molecule has 3 rings (SSSR count). The molecule has 7 nitrogen and oxygen atoms in total. The predicted molar refractivity (Wildman–Crippen MR) is 85.7 cm³/mol. The summed E-state index contributed by atoms with van der Waals surface area (Å²) < 4.78 is 12.3. The number of fused-ring (bicyclic) bond motifs is 1. The Morgan fingerprint density at radius 3 is 2.91 bits per heavy atom. The van der Waals surface area contributed by atoms with Crippen molar-refractivity contribution in [1.29, 1.82) is 0 Å². The molecule has 9 heteroatoms. The zero-order chi connectivity index (χ0) is 14.8. The van der Waals surface area contributed by atoms with Crippen LogP contribution in [0.1, 0.15) is 12.8 Å². The second-order valence-corrected chi connectivity index (χ2v) is 6.39. The van der Waals surface area contributed by atoms with Gasteiger partial charge in [0.05, 0.1) is 33.0 Å². The lowest BCUT2D eigenvalue weighted by molar-refractivity contribution is -0.384. The maximum absolute atomic E-state index is 12.3. The Morgan fingerprint density at radius 1 is 1.41 bits per heavy atom. The van der Waals surface area contributed by atoms with Crippen molar-refractivity contribution in [2.45, 2.75) is 23.9 Å². The molecule has 1 aliphatic rings. The predicted octanol–water partition coefficient (Wildman–Crippen LogP) is 1.82. The van der Waals surface area contributed by atoms with Gasteiger partial charge in [-0.25, -0.2) is 4.98 Å². The molecule has 0 aliphatic carbocycles. The average molecular weight is 343 g/mol. The summed E-state index contributed by atoms with van der Waals surface area (Å²) in [7, 11) is -1.21. The number of non-ortho nitro benzene ring substituents is 1. The van der Waals surface area contributed by atoms with Crippen molar-refractivity contribution >= 4 is 39.9 Å². The van der Waals surface area contributed by atoms with Gasteiger partial charge in [0.1, 0.15) is 5.03 Å². The van der Waals surface area contributed by atoms with Crippen LogP contribution >= 0.6 is 12.4 Å². The van der Waals surface area contributed by atoms with E-state index in [1.807, 2.05) is 0 Å². The highest BCUT2D eigenvalue weighted by Crippen LogP contribution is 2.19. The zero-order valence-electron chi connectivity index (χ0n) is 11.6. The lowest BCUT2D eigenvalue weighted by Gasteiger charge is -2.09. The largest absolute Gasteiger partial charge is 0.313 e. The van der Waals surface area contributed by atoms with E-state index >= 15 is 0 Å². The number of nitrogens with one attached hydrogen (secondary N) is 1. The lowest BCUT2D eigenvalue weighted by Crippen LogP contribution is -2.27. The third kappa shape index (κ3) is 3.57. The van der Waals surface area contributed by atoms with E-state index in [-0.39, 0.29) is 24.1 Å². The van der Waals surface area contributed by atoms with Gasteiger partial charge in [0.2, 0.25) is 0 Å². The maximum atomic E-state index is 12.3. The number of rotatable bonds is 4. The minimum Gasteiger partial charge on any atom is -0.313 e. The molecular weight excluding hydrogens is 328 g/mol.